The van der Waals surface area contributed by atoms with E-state index in [0.29, 0.717) is 0 Å². The van der Waals surface area contributed by atoms with Gasteiger partial charge in [0.25, 0.3) is 0 Å². The number of allylic oxidation sites excluding steroid dienone is 1. The maximum Gasteiger partial charge on any atom is -0.0225 e. The van der Waals surface area contributed by atoms with Gasteiger partial charge in [0.05, 0.1) is 0 Å². The summed E-state index contributed by atoms with van der Waals surface area (Å²) in [6.45, 7) is 8.30. The predicted molar refractivity (Wildman–Crippen MR) is 72.1 cm³/mol. The van der Waals surface area contributed by atoms with Crippen molar-refractivity contribution >= 4 is 5.57 Å². The summed E-state index contributed by atoms with van der Waals surface area (Å²) in [5.41, 5.74) is 2.23. The molecule has 0 aliphatic carbocycles. The summed E-state index contributed by atoms with van der Waals surface area (Å²) in [7, 11) is 0. The largest absolute Gasteiger partial charge is 0.0654 e. The maximum absolute atomic E-state index is 6.05. The third-order valence-electron chi connectivity index (χ3n) is 2.94. The third-order valence-corrected chi connectivity index (χ3v) is 2.94. The smallest absolute Gasteiger partial charge is 0.0225 e. The van der Waals surface area contributed by atoms with Crippen molar-refractivity contribution in [3.8, 4) is 0 Å². The molecule has 0 amide bonds. The van der Waals surface area contributed by atoms with E-state index in [2.05, 4.69) is 19.1 Å². The lowest BCUT2D eigenvalue weighted by Gasteiger charge is -2.05. The number of rotatable bonds is 8. The van der Waals surface area contributed by atoms with E-state index in [-0.39, 0.29) is 0 Å². The highest BCUT2D eigenvalue weighted by atomic mass is 14.0. The zero-order chi connectivity index (χ0) is 11.6. The van der Waals surface area contributed by atoms with Crippen molar-refractivity contribution in [3.63, 3.8) is 0 Å². The van der Waals surface area contributed by atoms with Crippen LogP contribution in [0.4, 0.5) is 0 Å². The number of benzene rings is 1. The maximum atomic E-state index is 6.05. The van der Waals surface area contributed by atoms with E-state index in [1.807, 2.05) is 18.2 Å². The molecule has 0 bridgehead atoms. The summed E-state index contributed by atoms with van der Waals surface area (Å²) >= 11 is 0. The van der Waals surface area contributed by atoms with E-state index in [1.165, 1.54) is 44.1 Å². The fraction of sp³-hybridized carbons (Fsp3) is 0.500. The van der Waals surface area contributed by atoms with Crippen molar-refractivity contribution in [3.05, 3.63) is 42.5 Å². The normalized spacial score (nSPS) is 10.3. The molecule has 0 saturated carbocycles. The van der Waals surface area contributed by atoms with Gasteiger partial charge in [0.1, 0.15) is 0 Å². The third kappa shape index (κ3) is 5.16. The van der Waals surface area contributed by atoms with E-state index in [4.69, 9.17) is 6.58 Å². The van der Waals surface area contributed by atoms with Crippen LogP contribution in [-0.2, 0) is 0 Å². The first kappa shape index (κ1) is 13.0. The van der Waals surface area contributed by atoms with Gasteiger partial charge in [0.2, 0.25) is 0 Å². The molecule has 0 fully saturated rings. The van der Waals surface area contributed by atoms with Crippen LogP contribution in [0.1, 0.15) is 57.4 Å². The Morgan fingerprint density at radius 3 is 2.25 bits per heavy atom. The lowest BCUT2D eigenvalue weighted by atomic mass is 10.0. The lowest BCUT2D eigenvalue weighted by molar-refractivity contribution is 0.613. The van der Waals surface area contributed by atoms with Crippen LogP contribution in [0.15, 0.2) is 30.3 Å². The highest BCUT2D eigenvalue weighted by Gasteiger charge is 1.98. The Morgan fingerprint density at radius 1 is 0.938 bits per heavy atom. The van der Waals surface area contributed by atoms with Gasteiger partial charge in [-0.2, -0.15) is 0 Å². The van der Waals surface area contributed by atoms with Crippen LogP contribution in [-0.4, -0.2) is 0 Å². The van der Waals surface area contributed by atoms with Crippen molar-refractivity contribution < 1.29 is 0 Å². The van der Waals surface area contributed by atoms with Crippen LogP contribution in [0, 0.1) is 6.58 Å². The second-order valence-corrected chi connectivity index (χ2v) is 4.41. The van der Waals surface area contributed by atoms with Gasteiger partial charge in [0.15, 0.2) is 0 Å². The minimum Gasteiger partial charge on any atom is -0.0654 e. The van der Waals surface area contributed by atoms with Crippen LogP contribution in [0.5, 0.6) is 0 Å². The van der Waals surface area contributed by atoms with Crippen LogP contribution in [0.3, 0.4) is 0 Å². The first-order valence-corrected chi connectivity index (χ1v) is 6.51. The summed E-state index contributed by atoms with van der Waals surface area (Å²) in [4.78, 5) is 0. The first-order valence-electron chi connectivity index (χ1n) is 6.51. The van der Waals surface area contributed by atoms with Crippen LogP contribution in [0.2, 0.25) is 0 Å². The van der Waals surface area contributed by atoms with Crippen LogP contribution < -0.4 is 0 Å². The van der Waals surface area contributed by atoms with Gasteiger partial charge in [-0.15, -0.1) is 0 Å². The van der Waals surface area contributed by atoms with Crippen molar-refractivity contribution in [2.24, 2.45) is 0 Å². The fourth-order valence-corrected chi connectivity index (χ4v) is 1.89. The Balaban J connectivity index is 2.12. The van der Waals surface area contributed by atoms with E-state index >= 15 is 0 Å². The second kappa shape index (κ2) is 8.15. The van der Waals surface area contributed by atoms with Crippen molar-refractivity contribution in [2.75, 3.05) is 0 Å². The van der Waals surface area contributed by atoms with E-state index < -0.39 is 0 Å². The van der Waals surface area contributed by atoms with Gasteiger partial charge in [-0.1, -0.05) is 75.9 Å². The lowest BCUT2D eigenvalue weighted by Crippen LogP contribution is -1.84. The van der Waals surface area contributed by atoms with E-state index in [0.717, 1.165) is 12.0 Å². The molecule has 0 aliphatic heterocycles. The average molecular weight is 215 g/mol. The summed E-state index contributed by atoms with van der Waals surface area (Å²) in [5, 5.41) is 0. The topological polar surface area (TPSA) is 0 Å². The monoisotopic (exact) mass is 215 g/mol. The Bertz CT molecular complexity index is 284. The van der Waals surface area contributed by atoms with Crippen LogP contribution >= 0.6 is 0 Å². The zero-order valence-corrected chi connectivity index (χ0v) is 10.4. The molecule has 0 heteroatoms. The molecule has 0 unspecified atom stereocenters. The highest BCUT2D eigenvalue weighted by molar-refractivity contribution is 5.61. The first-order chi connectivity index (χ1) is 7.84. The van der Waals surface area contributed by atoms with Gasteiger partial charge >= 0.3 is 0 Å². The molecule has 1 aromatic rings. The summed E-state index contributed by atoms with van der Waals surface area (Å²) in [5.74, 6) is 0. The molecule has 0 saturated heterocycles. The molecule has 1 aromatic carbocycles. The Labute approximate surface area is 100 Å². The molecule has 0 N–H and O–H groups in total. The molecular formula is C16H23. The number of unbranched alkanes of at least 4 members (excludes halogenated alkanes) is 5. The molecule has 16 heavy (non-hydrogen) atoms. The minimum atomic E-state index is 1.04. The van der Waals surface area contributed by atoms with E-state index in [9.17, 15) is 0 Å². The Kier molecular flexibility index (Phi) is 6.64. The van der Waals surface area contributed by atoms with Crippen LogP contribution in [0.25, 0.3) is 5.57 Å². The number of hydrogen-bond acceptors (Lipinski definition) is 0. The molecule has 0 aromatic heterocycles. The molecule has 0 atom stereocenters. The fourth-order valence-electron chi connectivity index (χ4n) is 1.89. The second-order valence-electron chi connectivity index (χ2n) is 4.41. The quantitative estimate of drug-likeness (QED) is 0.519. The summed E-state index contributed by atoms with van der Waals surface area (Å²) < 4.78 is 0. The standard InChI is InChI=1S/C16H23/c1-3-4-5-6-7-9-12-15(2)16-13-10-8-11-14-16/h2,8,10-11,13-14H,3-7,9,12H2,1H3. The zero-order valence-electron chi connectivity index (χ0n) is 10.4. The molecule has 0 aliphatic rings. The van der Waals surface area contributed by atoms with Crippen molar-refractivity contribution in [1.29, 1.82) is 0 Å². The predicted octanol–water partition coefficient (Wildman–Crippen LogP) is 5.25. The molecule has 87 valence electrons. The molecule has 0 nitrogen and oxygen atoms in total. The molecule has 0 heterocycles. The van der Waals surface area contributed by atoms with Gasteiger partial charge in [-0.3, -0.25) is 0 Å². The average Bonchev–Trinajstić information content (AvgIpc) is 2.34. The highest BCUT2D eigenvalue weighted by Crippen LogP contribution is 2.19. The van der Waals surface area contributed by atoms with Crippen molar-refractivity contribution in [1.82, 2.24) is 0 Å². The summed E-state index contributed by atoms with van der Waals surface area (Å²) in [6, 6.07) is 10.3. The SMILES string of the molecule is [CH]=C(CCCCCCCC)c1ccccc1. The van der Waals surface area contributed by atoms with Gasteiger partial charge in [-0.25, -0.2) is 0 Å². The minimum absolute atomic E-state index is 1.04. The van der Waals surface area contributed by atoms with Gasteiger partial charge in [0, 0.05) is 0 Å². The van der Waals surface area contributed by atoms with Gasteiger partial charge in [-0.05, 0) is 24.0 Å². The Hall–Kier alpha value is -1.04. The molecule has 0 spiro atoms. The molecule has 1 radical (unpaired) electrons. The molecular weight excluding hydrogens is 192 g/mol. The van der Waals surface area contributed by atoms with E-state index in [1.54, 1.807) is 0 Å². The number of hydrogen-bond donors (Lipinski definition) is 0. The molecule has 1 rings (SSSR count). The summed E-state index contributed by atoms with van der Waals surface area (Å²) in [6.07, 6.45) is 9.00. The van der Waals surface area contributed by atoms with Crippen molar-refractivity contribution in [2.45, 2.75) is 51.9 Å². The van der Waals surface area contributed by atoms with Gasteiger partial charge < -0.3 is 0 Å². The Morgan fingerprint density at radius 2 is 1.56 bits per heavy atom.